The number of fused-ring (bicyclic) bond motifs is 2. The van der Waals surface area contributed by atoms with Gasteiger partial charge in [0.1, 0.15) is 13.2 Å². The van der Waals surface area contributed by atoms with Crippen LogP contribution >= 0.6 is 0 Å². The Balaban J connectivity index is 1.35. The van der Waals surface area contributed by atoms with Crippen LogP contribution < -0.4 is 14.4 Å². The lowest BCUT2D eigenvalue weighted by Crippen LogP contribution is -2.42. The molecule has 6 heteroatoms. The van der Waals surface area contributed by atoms with Gasteiger partial charge < -0.3 is 19.5 Å². The number of ketones is 1. The zero-order valence-electron chi connectivity index (χ0n) is 18.2. The summed E-state index contributed by atoms with van der Waals surface area (Å²) in [5, 5.41) is 11.5. The Morgan fingerprint density at radius 3 is 2.48 bits per heavy atom. The fourth-order valence-electron chi connectivity index (χ4n) is 4.54. The van der Waals surface area contributed by atoms with E-state index in [9.17, 15) is 14.7 Å². The predicted octanol–water partition coefficient (Wildman–Crippen LogP) is 3.90. The van der Waals surface area contributed by atoms with Gasteiger partial charge in [-0.05, 0) is 42.7 Å². The minimum Gasteiger partial charge on any atom is -0.486 e. The van der Waals surface area contributed by atoms with Crippen LogP contribution in [0.2, 0.25) is 0 Å². The highest BCUT2D eigenvalue weighted by Crippen LogP contribution is 2.43. The van der Waals surface area contributed by atoms with Gasteiger partial charge in [0.15, 0.2) is 22.9 Å². The van der Waals surface area contributed by atoms with Crippen LogP contribution in [0.5, 0.6) is 11.5 Å². The molecular weight excluding hydrogens is 418 g/mol. The van der Waals surface area contributed by atoms with E-state index in [1.54, 1.807) is 35.2 Å². The van der Waals surface area contributed by atoms with Crippen LogP contribution in [0.4, 0.5) is 5.69 Å². The van der Waals surface area contributed by atoms with Crippen LogP contribution in [0, 0.1) is 0 Å². The molecule has 2 heterocycles. The predicted molar refractivity (Wildman–Crippen MR) is 124 cm³/mol. The number of aryl methyl sites for hydroxylation is 1. The molecule has 33 heavy (non-hydrogen) atoms. The standard InChI is InChI=1S/C27H25NO5/c29-23(20-12-13-24-25(17-20)33-16-15-32-24)18-27(31)21-10-4-5-11-22(21)28(26(27)30)14-6-9-19-7-2-1-3-8-19/h1-5,7-8,10-13,17,31H,6,9,14-16,18H2. The zero-order chi connectivity index (χ0) is 22.8. The molecule has 2 aliphatic heterocycles. The first-order valence-corrected chi connectivity index (χ1v) is 11.2. The van der Waals surface area contributed by atoms with Crippen molar-refractivity contribution in [2.45, 2.75) is 24.9 Å². The van der Waals surface area contributed by atoms with E-state index < -0.39 is 11.5 Å². The maximum atomic E-state index is 13.4. The van der Waals surface area contributed by atoms with Gasteiger partial charge >= 0.3 is 0 Å². The molecule has 0 radical (unpaired) electrons. The highest BCUT2D eigenvalue weighted by atomic mass is 16.6. The summed E-state index contributed by atoms with van der Waals surface area (Å²) in [6, 6.07) is 22.2. The van der Waals surface area contributed by atoms with Gasteiger partial charge in [-0.2, -0.15) is 0 Å². The van der Waals surface area contributed by atoms with Crippen LogP contribution in [0.1, 0.15) is 34.3 Å². The molecule has 0 fully saturated rings. The number of aliphatic hydroxyl groups is 1. The third kappa shape index (κ3) is 3.98. The van der Waals surface area contributed by atoms with Crippen molar-refractivity contribution in [3.05, 3.63) is 89.5 Å². The summed E-state index contributed by atoms with van der Waals surface area (Å²) in [6.45, 7) is 1.34. The Labute approximate surface area is 192 Å². The van der Waals surface area contributed by atoms with Gasteiger partial charge in [0, 0.05) is 17.7 Å². The van der Waals surface area contributed by atoms with Crippen LogP contribution in [0.15, 0.2) is 72.8 Å². The first-order chi connectivity index (χ1) is 16.1. The molecule has 0 spiro atoms. The van der Waals surface area contributed by atoms with Gasteiger partial charge in [-0.1, -0.05) is 48.5 Å². The second kappa shape index (κ2) is 8.71. The molecule has 6 nitrogen and oxygen atoms in total. The molecule has 0 saturated carbocycles. The maximum absolute atomic E-state index is 13.4. The van der Waals surface area contributed by atoms with E-state index in [1.165, 1.54) is 5.56 Å². The SMILES string of the molecule is O=C(CC1(O)C(=O)N(CCCc2ccccc2)c2ccccc21)c1ccc2c(c1)OCCO2. The Morgan fingerprint density at radius 1 is 0.939 bits per heavy atom. The van der Waals surface area contributed by atoms with E-state index >= 15 is 0 Å². The summed E-state index contributed by atoms with van der Waals surface area (Å²) in [6.07, 6.45) is 1.23. The number of nitrogens with zero attached hydrogens (tertiary/aromatic N) is 1. The third-order valence-electron chi connectivity index (χ3n) is 6.21. The smallest absolute Gasteiger partial charge is 0.264 e. The number of anilines is 1. The fraction of sp³-hybridized carbons (Fsp3) is 0.259. The second-order valence-corrected chi connectivity index (χ2v) is 8.38. The summed E-state index contributed by atoms with van der Waals surface area (Å²) in [7, 11) is 0. The van der Waals surface area contributed by atoms with Crippen molar-refractivity contribution in [3.63, 3.8) is 0 Å². The molecule has 1 atom stereocenters. The van der Waals surface area contributed by atoms with Gasteiger partial charge in [-0.15, -0.1) is 0 Å². The molecule has 0 bridgehead atoms. The Morgan fingerprint density at radius 2 is 1.67 bits per heavy atom. The van der Waals surface area contributed by atoms with Crippen molar-refractivity contribution in [2.75, 3.05) is 24.7 Å². The highest BCUT2D eigenvalue weighted by Gasteiger charge is 2.50. The molecule has 1 amide bonds. The summed E-state index contributed by atoms with van der Waals surface area (Å²) < 4.78 is 11.1. The van der Waals surface area contributed by atoms with E-state index in [1.807, 2.05) is 30.3 Å². The van der Waals surface area contributed by atoms with Gasteiger partial charge in [0.05, 0.1) is 12.1 Å². The van der Waals surface area contributed by atoms with Crippen molar-refractivity contribution in [1.82, 2.24) is 0 Å². The quantitative estimate of drug-likeness (QED) is 0.561. The number of hydrogen-bond donors (Lipinski definition) is 1. The van der Waals surface area contributed by atoms with E-state index in [2.05, 4.69) is 12.1 Å². The number of para-hydroxylation sites is 1. The number of benzene rings is 3. The number of hydrogen-bond acceptors (Lipinski definition) is 5. The minimum atomic E-state index is -1.90. The number of carbonyl (C=O) groups excluding carboxylic acids is 2. The highest BCUT2D eigenvalue weighted by molar-refractivity contribution is 6.10. The summed E-state index contributed by atoms with van der Waals surface area (Å²) >= 11 is 0. The number of rotatable bonds is 7. The molecule has 0 aliphatic carbocycles. The first kappa shape index (κ1) is 21.2. The molecule has 1 unspecified atom stereocenters. The van der Waals surface area contributed by atoms with Crippen LogP contribution in [0.25, 0.3) is 0 Å². The largest absolute Gasteiger partial charge is 0.486 e. The average Bonchev–Trinajstić information content (AvgIpc) is 3.06. The maximum Gasteiger partial charge on any atom is 0.264 e. The molecule has 1 N–H and O–H groups in total. The van der Waals surface area contributed by atoms with E-state index in [0.29, 0.717) is 48.1 Å². The van der Waals surface area contributed by atoms with Crippen LogP contribution in [0.3, 0.4) is 0 Å². The van der Waals surface area contributed by atoms with E-state index in [-0.39, 0.29) is 12.2 Å². The van der Waals surface area contributed by atoms with Crippen molar-refractivity contribution >= 4 is 17.4 Å². The molecule has 5 rings (SSSR count). The number of carbonyl (C=O) groups is 2. The Hall–Kier alpha value is -3.64. The third-order valence-corrected chi connectivity index (χ3v) is 6.21. The zero-order valence-corrected chi connectivity index (χ0v) is 18.2. The normalized spacial score (nSPS) is 18.8. The van der Waals surface area contributed by atoms with E-state index in [4.69, 9.17) is 9.47 Å². The van der Waals surface area contributed by atoms with E-state index in [0.717, 1.165) is 12.8 Å². The van der Waals surface area contributed by atoms with Gasteiger partial charge in [-0.3, -0.25) is 9.59 Å². The van der Waals surface area contributed by atoms with Crippen molar-refractivity contribution in [2.24, 2.45) is 0 Å². The summed E-state index contributed by atoms with van der Waals surface area (Å²) in [4.78, 5) is 28.1. The van der Waals surface area contributed by atoms with Crippen molar-refractivity contribution < 1.29 is 24.2 Å². The molecular formula is C27H25NO5. The monoisotopic (exact) mass is 443 g/mol. The molecule has 3 aromatic rings. The Bertz CT molecular complexity index is 1190. The molecule has 0 saturated heterocycles. The summed E-state index contributed by atoms with van der Waals surface area (Å²) in [5.41, 5.74) is 0.809. The lowest BCUT2D eigenvalue weighted by atomic mass is 9.88. The number of amides is 1. The first-order valence-electron chi connectivity index (χ1n) is 11.2. The molecule has 3 aromatic carbocycles. The second-order valence-electron chi connectivity index (χ2n) is 8.38. The van der Waals surface area contributed by atoms with Crippen LogP contribution in [-0.4, -0.2) is 36.6 Å². The van der Waals surface area contributed by atoms with Crippen LogP contribution in [-0.2, 0) is 16.8 Å². The van der Waals surface area contributed by atoms with Gasteiger partial charge in [0.2, 0.25) is 0 Å². The minimum absolute atomic E-state index is 0.330. The number of ether oxygens (including phenoxy) is 2. The van der Waals surface area contributed by atoms with Crippen molar-refractivity contribution in [1.29, 1.82) is 0 Å². The van der Waals surface area contributed by atoms with Gasteiger partial charge in [0.25, 0.3) is 5.91 Å². The lowest BCUT2D eigenvalue weighted by molar-refractivity contribution is -0.135. The summed E-state index contributed by atoms with van der Waals surface area (Å²) in [5.74, 6) is 0.301. The molecule has 2 aliphatic rings. The lowest BCUT2D eigenvalue weighted by Gasteiger charge is -2.23. The average molecular weight is 443 g/mol. The van der Waals surface area contributed by atoms with Gasteiger partial charge in [-0.25, -0.2) is 0 Å². The Kier molecular flexibility index (Phi) is 5.60. The van der Waals surface area contributed by atoms with Crippen molar-refractivity contribution in [3.8, 4) is 11.5 Å². The number of Topliss-reactive ketones (excluding diaryl/α,β-unsaturated/α-hetero) is 1. The molecule has 0 aromatic heterocycles. The fourth-order valence-corrected chi connectivity index (χ4v) is 4.54. The topological polar surface area (TPSA) is 76.1 Å². The molecule has 168 valence electrons.